The van der Waals surface area contributed by atoms with Crippen LogP contribution in [-0.2, 0) is 9.53 Å². The number of phenols is 1. The molecule has 72 valence electrons. The van der Waals surface area contributed by atoms with Crippen molar-refractivity contribution < 1.29 is 14.6 Å². The zero-order valence-electron chi connectivity index (χ0n) is 7.60. The molecule has 0 bridgehead atoms. The van der Waals surface area contributed by atoms with Crippen LogP contribution >= 0.6 is 0 Å². The van der Waals surface area contributed by atoms with Gasteiger partial charge in [0.05, 0.1) is 0 Å². The molecule has 0 aliphatic heterocycles. The minimum atomic E-state index is -0.959. The number of phenolic OH excluding ortho intramolecular Hbond substituents is 1. The molecule has 0 unspecified atom stereocenters. The summed E-state index contributed by atoms with van der Waals surface area (Å²) in [7, 11) is 0. The normalized spacial score (nSPS) is 11.4. The van der Waals surface area contributed by atoms with Crippen molar-refractivity contribution in [3.63, 3.8) is 0 Å². The molecular formula is C10H9NO3. The van der Waals surface area contributed by atoms with Crippen LogP contribution in [0, 0.1) is 11.3 Å². The van der Waals surface area contributed by atoms with Crippen LogP contribution in [0.4, 0.5) is 0 Å². The maximum absolute atomic E-state index is 10.6. The molecule has 0 fully saturated rings. The van der Waals surface area contributed by atoms with Gasteiger partial charge in [0.2, 0.25) is 6.10 Å². The van der Waals surface area contributed by atoms with E-state index in [1.807, 2.05) is 6.07 Å². The summed E-state index contributed by atoms with van der Waals surface area (Å²) in [6.45, 7) is 1.23. The number of nitrogens with zero attached hydrogens (tertiary/aromatic N) is 1. The molecule has 1 aromatic rings. The molecule has 0 aromatic heterocycles. The van der Waals surface area contributed by atoms with E-state index in [-0.39, 0.29) is 5.75 Å². The second kappa shape index (κ2) is 4.28. The number of carbonyl (C=O) groups excluding carboxylic acids is 1. The number of nitriles is 1. The van der Waals surface area contributed by atoms with Gasteiger partial charge in [0.1, 0.15) is 11.8 Å². The summed E-state index contributed by atoms with van der Waals surface area (Å²) in [5, 5.41) is 17.9. The lowest BCUT2D eigenvalue weighted by molar-refractivity contribution is -0.144. The third-order valence-corrected chi connectivity index (χ3v) is 1.57. The molecule has 14 heavy (non-hydrogen) atoms. The average Bonchev–Trinajstić information content (AvgIpc) is 2.14. The second-order valence-corrected chi connectivity index (χ2v) is 2.71. The van der Waals surface area contributed by atoms with Gasteiger partial charge in [0.15, 0.2) is 0 Å². The predicted molar refractivity (Wildman–Crippen MR) is 48.2 cm³/mol. The third kappa shape index (κ3) is 2.49. The molecule has 0 saturated carbocycles. The summed E-state index contributed by atoms with van der Waals surface area (Å²) in [5.74, 6) is -0.491. The van der Waals surface area contributed by atoms with Crippen LogP contribution in [0.3, 0.4) is 0 Å². The molecule has 1 N–H and O–H groups in total. The van der Waals surface area contributed by atoms with E-state index in [0.29, 0.717) is 5.56 Å². The van der Waals surface area contributed by atoms with Crippen LogP contribution < -0.4 is 0 Å². The summed E-state index contributed by atoms with van der Waals surface area (Å²) in [6.07, 6.45) is -0.959. The van der Waals surface area contributed by atoms with Crippen molar-refractivity contribution in [3.05, 3.63) is 29.8 Å². The number of hydrogen-bond acceptors (Lipinski definition) is 4. The first-order valence-electron chi connectivity index (χ1n) is 3.99. The molecule has 0 radical (unpaired) electrons. The fraction of sp³-hybridized carbons (Fsp3) is 0.200. The highest BCUT2D eigenvalue weighted by Crippen LogP contribution is 2.20. The number of hydrogen-bond donors (Lipinski definition) is 1. The molecule has 0 amide bonds. The Morgan fingerprint density at radius 2 is 2.36 bits per heavy atom. The molecule has 4 heteroatoms. The van der Waals surface area contributed by atoms with Gasteiger partial charge in [-0.15, -0.1) is 0 Å². The largest absolute Gasteiger partial charge is 0.508 e. The Balaban J connectivity index is 2.90. The monoisotopic (exact) mass is 191 g/mol. The number of esters is 1. The molecule has 4 nitrogen and oxygen atoms in total. The average molecular weight is 191 g/mol. The quantitative estimate of drug-likeness (QED) is 0.719. The van der Waals surface area contributed by atoms with E-state index in [4.69, 9.17) is 15.1 Å². The zero-order chi connectivity index (χ0) is 10.6. The maximum atomic E-state index is 10.6. The lowest BCUT2D eigenvalue weighted by Crippen LogP contribution is -2.06. The molecule has 1 atom stereocenters. The number of benzene rings is 1. The topological polar surface area (TPSA) is 70.3 Å². The van der Waals surface area contributed by atoms with E-state index >= 15 is 0 Å². The fourth-order valence-corrected chi connectivity index (χ4v) is 1.02. The van der Waals surface area contributed by atoms with Crippen molar-refractivity contribution in [2.24, 2.45) is 0 Å². The van der Waals surface area contributed by atoms with Crippen molar-refractivity contribution in [3.8, 4) is 11.8 Å². The minimum Gasteiger partial charge on any atom is -0.508 e. The lowest BCUT2D eigenvalue weighted by Gasteiger charge is -2.09. The molecule has 0 heterocycles. The third-order valence-electron chi connectivity index (χ3n) is 1.57. The van der Waals surface area contributed by atoms with Crippen molar-refractivity contribution in [2.45, 2.75) is 13.0 Å². The first kappa shape index (κ1) is 10.1. The van der Waals surface area contributed by atoms with Gasteiger partial charge in [0.25, 0.3) is 0 Å². The first-order valence-corrected chi connectivity index (χ1v) is 3.99. The molecule has 1 rings (SSSR count). The summed E-state index contributed by atoms with van der Waals surface area (Å²) in [6, 6.07) is 7.88. The maximum Gasteiger partial charge on any atom is 0.304 e. The van der Waals surface area contributed by atoms with E-state index < -0.39 is 12.1 Å². The Hall–Kier alpha value is -2.02. The van der Waals surface area contributed by atoms with E-state index in [0.717, 1.165) is 0 Å². The van der Waals surface area contributed by atoms with Crippen molar-refractivity contribution >= 4 is 5.97 Å². The highest BCUT2D eigenvalue weighted by Gasteiger charge is 2.13. The Bertz CT molecular complexity index is 381. The molecule has 0 saturated heterocycles. The van der Waals surface area contributed by atoms with Gasteiger partial charge in [-0.1, -0.05) is 12.1 Å². The summed E-state index contributed by atoms with van der Waals surface area (Å²) < 4.78 is 4.73. The number of ether oxygens (including phenoxy) is 1. The van der Waals surface area contributed by atoms with Gasteiger partial charge in [-0.3, -0.25) is 4.79 Å². The van der Waals surface area contributed by atoms with Gasteiger partial charge < -0.3 is 9.84 Å². The smallest absolute Gasteiger partial charge is 0.304 e. The van der Waals surface area contributed by atoms with Crippen LogP contribution in [0.2, 0.25) is 0 Å². The SMILES string of the molecule is CC(=O)O[C@@H](C#N)c1cccc(O)c1. The molecule has 0 aliphatic carbocycles. The van der Waals surface area contributed by atoms with Crippen LogP contribution in [0.25, 0.3) is 0 Å². The van der Waals surface area contributed by atoms with Crippen LogP contribution in [0.5, 0.6) is 5.75 Å². The standard InChI is InChI=1S/C10H9NO3/c1-7(12)14-10(6-11)8-3-2-4-9(13)5-8/h2-5,10,13H,1H3/t10-/m0/s1. The highest BCUT2D eigenvalue weighted by atomic mass is 16.5. The van der Waals surface area contributed by atoms with E-state index in [9.17, 15) is 4.79 Å². The Kier molecular flexibility index (Phi) is 3.08. The van der Waals surface area contributed by atoms with Crippen molar-refractivity contribution in [2.75, 3.05) is 0 Å². The van der Waals surface area contributed by atoms with E-state index in [2.05, 4.69) is 0 Å². The van der Waals surface area contributed by atoms with Gasteiger partial charge >= 0.3 is 5.97 Å². The van der Waals surface area contributed by atoms with Crippen molar-refractivity contribution in [1.29, 1.82) is 5.26 Å². The number of aromatic hydroxyl groups is 1. The molecule has 1 aromatic carbocycles. The second-order valence-electron chi connectivity index (χ2n) is 2.71. The summed E-state index contributed by atoms with van der Waals surface area (Å²) >= 11 is 0. The Morgan fingerprint density at radius 3 is 2.86 bits per heavy atom. The highest BCUT2D eigenvalue weighted by molar-refractivity contribution is 5.66. The Morgan fingerprint density at radius 1 is 1.64 bits per heavy atom. The minimum absolute atomic E-state index is 0.0369. The Labute approximate surface area is 81.4 Å². The van der Waals surface area contributed by atoms with E-state index in [1.54, 1.807) is 12.1 Å². The van der Waals surface area contributed by atoms with Gasteiger partial charge in [0, 0.05) is 12.5 Å². The van der Waals surface area contributed by atoms with Gasteiger partial charge in [-0.25, -0.2) is 0 Å². The summed E-state index contributed by atoms with van der Waals surface area (Å²) in [4.78, 5) is 10.6. The van der Waals surface area contributed by atoms with Crippen LogP contribution in [-0.4, -0.2) is 11.1 Å². The van der Waals surface area contributed by atoms with E-state index in [1.165, 1.54) is 19.1 Å². The first-order chi connectivity index (χ1) is 6.63. The van der Waals surface area contributed by atoms with Crippen LogP contribution in [0.15, 0.2) is 24.3 Å². The molecule has 0 spiro atoms. The number of carbonyl (C=O) groups is 1. The number of rotatable bonds is 2. The van der Waals surface area contributed by atoms with Gasteiger partial charge in [-0.05, 0) is 12.1 Å². The molecular weight excluding hydrogens is 182 g/mol. The predicted octanol–water partition coefficient (Wildman–Crippen LogP) is 1.52. The van der Waals surface area contributed by atoms with Gasteiger partial charge in [-0.2, -0.15) is 5.26 Å². The van der Waals surface area contributed by atoms with Crippen molar-refractivity contribution in [1.82, 2.24) is 0 Å². The van der Waals surface area contributed by atoms with Crippen LogP contribution in [0.1, 0.15) is 18.6 Å². The lowest BCUT2D eigenvalue weighted by atomic mass is 10.1. The fourth-order valence-electron chi connectivity index (χ4n) is 1.02. The zero-order valence-corrected chi connectivity index (χ0v) is 7.60. The molecule has 0 aliphatic rings. The summed E-state index contributed by atoms with van der Waals surface area (Å²) in [5.41, 5.74) is 0.461.